The third kappa shape index (κ3) is 6.45. The van der Waals surface area contributed by atoms with Crippen molar-refractivity contribution in [2.45, 2.75) is 64.8 Å². The standard InChI is InChI=1S/C21H27ClN2S2.CH5N/c1-3-5-8-15(9-6-4-2)19-12-18-21(26-19)17(13-20(22)24-18)23-14-16-10-7-11-25-16;1-2/h7,10-13,15H,3-6,8-9,14H2,1-2H3,(H,23,24);2H2,1H3. The van der Waals surface area contributed by atoms with E-state index in [2.05, 4.69) is 53.5 Å². The molecule has 0 saturated heterocycles. The first-order valence-electron chi connectivity index (χ1n) is 10.1. The molecule has 3 aromatic heterocycles. The number of nitrogens with one attached hydrogen (secondary N) is 1. The number of pyridine rings is 1. The number of aromatic nitrogens is 1. The van der Waals surface area contributed by atoms with Crippen molar-refractivity contribution in [1.82, 2.24) is 4.98 Å². The van der Waals surface area contributed by atoms with E-state index >= 15 is 0 Å². The smallest absolute Gasteiger partial charge is 0.131 e. The van der Waals surface area contributed by atoms with Gasteiger partial charge in [0.2, 0.25) is 0 Å². The molecule has 0 amide bonds. The largest absolute Gasteiger partial charge is 0.379 e. The molecule has 0 unspecified atom stereocenters. The predicted octanol–water partition coefficient (Wildman–Crippen LogP) is 7.66. The van der Waals surface area contributed by atoms with E-state index in [4.69, 9.17) is 11.6 Å². The van der Waals surface area contributed by atoms with E-state index in [-0.39, 0.29) is 0 Å². The van der Waals surface area contributed by atoms with Gasteiger partial charge in [-0.15, -0.1) is 22.7 Å². The van der Waals surface area contributed by atoms with E-state index in [0.29, 0.717) is 11.1 Å². The molecule has 6 heteroatoms. The lowest BCUT2D eigenvalue weighted by Crippen LogP contribution is -1.97. The third-order valence-corrected chi connectivity index (χ3v) is 7.10. The van der Waals surface area contributed by atoms with Crippen molar-refractivity contribution in [3.05, 3.63) is 44.6 Å². The summed E-state index contributed by atoms with van der Waals surface area (Å²) >= 11 is 9.97. The number of thiophene rings is 2. The maximum atomic E-state index is 6.30. The van der Waals surface area contributed by atoms with E-state index < -0.39 is 0 Å². The lowest BCUT2D eigenvalue weighted by atomic mass is 9.94. The van der Waals surface area contributed by atoms with E-state index in [1.54, 1.807) is 11.3 Å². The first-order chi connectivity index (χ1) is 13.7. The van der Waals surface area contributed by atoms with Crippen molar-refractivity contribution in [2.24, 2.45) is 5.73 Å². The Balaban J connectivity index is 0.00000136. The van der Waals surface area contributed by atoms with E-state index in [1.165, 1.54) is 60.0 Å². The molecule has 3 rings (SSSR count). The van der Waals surface area contributed by atoms with Crippen molar-refractivity contribution in [1.29, 1.82) is 0 Å². The molecule has 154 valence electrons. The van der Waals surface area contributed by atoms with Crippen LogP contribution in [0.1, 0.15) is 68.0 Å². The average molecular weight is 438 g/mol. The van der Waals surface area contributed by atoms with Crippen molar-refractivity contribution in [3.63, 3.8) is 0 Å². The number of fused-ring (bicyclic) bond motifs is 1. The Kier molecular flexibility index (Phi) is 10.3. The first-order valence-corrected chi connectivity index (χ1v) is 12.2. The summed E-state index contributed by atoms with van der Waals surface area (Å²) in [6, 6.07) is 8.48. The minimum atomic E-state index is 0.564. The van der Waals surface area contributed by atoms with Gasteiger partial charge < -0.3 is 11.1 Å². The zero-order valence-electron chi connectivity index (χ0n) is 17.1. The molecule has 0 atom stereocenters. The van der Waals surface area contributed by atoms with E-state index in [1.807, 2.05) is 17.4 Å². The lowest BCUT2D eigenvalue weighted by Gasteiger charge is -2.14. The number of hydrogen-bond donors (Lipinski definition) is 2. The molecule has 0 spiro atoms. The fraction of sp³-hybridized carbons (Fsp3) is 0.500. The topological polar surface area (TPSA) is 50.9 Å². The van der Waals surface area contributed by atoms with Crippen molar-refractivity contribution in [2.75, 3.05) is 12.4 Å². The van der Waals surface area contributed by atoms with Crippen molar-refractivity contribution >= 4 is 50.2 Å². The van der Waals surface area contributed by atoms with Crippen LogP contribution in [0.25, 0.3) is 10.2 Å². The summed E-state index contributed by atoms with van der Waals surface area (Å²) in [6.07, 6.45) is 7.64. The monoisotopic (exact) mass is 437 g/mol. The number of hydrogen-bond acceptors (Lipinski definition) is 5. The fourth-order valence-electron chi connectivity index (χ4n) is 3.27. The number of anilines is 1. The van der Waals surface area contributed by atoms with Crippen LogP contribution >= 0.6 is 34.3 Å². The summed E-state index contributed by atoms with van der Waals surface area (Å²) in [4.78, 5) is 7.38. The summed E-state index contributed by atoms with van der Waals surface area (Å²) in [7, 11) is 1.50. The quantitative estimate of drug-likeness (QED) is 0.320. The van der Waals surface area contributed by atoms with Gasteiger partial charge >= 0.3 is 0 Å². The third-order valence-electron chi connectivity index (χ3n) is 4.71. The molecule has 0 fully saturated rings. The fourth-order valence-corrected chi connectivity index (χ4v) is 5.37. The number of unbranched alkanes of at least 4 members (excludes halogenated alkanes) is 2. The lowest BCUT2D eigenvalue weighted by molar-refractivity contribution is 0.531. The zero-order valence-corrected chi connectivity index (χ0v) is 19.5. The van der Waals surface area contributed by atoms with Crippen LogP contribution in [0.15, 0.2) is 29.6 Å². The SMILES string of the molecule is CCCCC(CCCC)c1cc2nc(Cl)cc(NCc3cccs3)c2s1.CN. The van der Waals surface area contributed by atoms with Crippen LogP contribution in [0.5, 0.6) is 0 Å². The summed E-state index contributed by atoms with van der Waals surface area (Å²) in [5.74, 6) is 0.651. The Morgan fingerprint density at radius 2 is 1.86 bits per heavy atom. The number of nitrogens with two attached hydrogens (primary N) is 1. The van der Waals surface area contributed by atoms with Crippen LogP contribution in [0, 0.1) is 0 Å². The highest BCUT2D eigenvalue weighted by Gasteiger charge is 2.17. The Morgan fingerprint density at radius 1 is 1.14 bits per heavy atom. The molecule has 0 radical (unpaired) electrons. The van der Waals surface area contributed by atoms with Crippen LogP contribution in [0.2, 0.25) is 5.15 Å². The molecule has 3 nitrogen and oxygen atoms in total. The highest BCUT2D eigenvalue weighted by molar-refractivity contribution is 7.19. The molecule has 0 aliphatic heterocycles. The van der Waals surface area contributed by atoms with Gasteiger partial charge in [0.15, 0.2) is 0 Å². The number of nitrogens with zero attached hydrogens (tertiary/aromatic N) is 1. The highest BCUT2D eigenvalue weighted by atomic mass is 35.5. The van der Waals surface area contributed by atoms with Gasteiger partial charge in [-0.1, -0.05) is 57.2 Å². The molecule has 3 N–H and O–H groups in total. The Morgan fingerprint density at radius 3 is 2.46 bits per heavy atom. The second-order valence-electron chi connectivity index (χ2n) is 6.77. The molecular weight excluding hydrogens is 406 g/mol. The molecule has 28 heavy (non-hydrogen) atoms. The van der Waals surface area contributed by atoms with Crippen LogP contribution in [0.3, 0.4) is 0 Å². The minimum absolute atomic E-state index is 0.564. The number of halogens is 1. The molecule has 0 aliphatic rings. The Bertz CT molecular complexity index is 807. The van der Waals surface area contributed by atoms with Gasteiger partial charge in [-0.25, -0.2) is 4.98 Å². The van der Waals surface area contributed by atoms with E-state index in [9.17, 15) is 0 Å². The maximum absolute atomic E-state index is 6.30. The highest BCUT2D eigenvalue weighted by Crippen LogP contribution is 2.39. The predicted molar refractivity (Wildman–Crippen MR) is 128 cm³/mol. The molecular formula is C22H32ClN3S2. The Hall–Kier alpha value is -1.14. The van der Waals surface area contributed by atoms with Crippen LogP contribution in [-0.4, -0.2) is 12.0 Å². The van der Waals surface area contributed by atoms with Gasteiger partial charge in [0.1, 0.15) is 5.15 Å². The normalized spacial score (nSPS) is 10.9. The summed E-state index contributed by atoms with van der Waals surface area (Å²) < 4.78 is 1.24. The van der Waals surface area contributed by atoms with Gasteiger partial charge in [-0.3, -0.25) is 0 Å². The van der Waals surface area contributed by atoms with Crippen LogP contribution in [0.4, 0.5) is 5.69 Å². The molecule has 0 aliphatic carbocycles. The summed E-state index contributed by atoms with van der Waals surface area (Å²) in [5, 5.41) is 6.24. The maximum Gasteiger partial charge on any atom is 0.131 e. The summed E-state index contributed by atoms with van der Waals surface area (Å²) in [6.45, 7) is 5.38. The second-order valence-corrected chi connectivity index (χ2v) is 9.27. The first kappa shape index (κ1) is 23.1. The van der Waals surface area contributed by atoms with Crippen molar-refractivity contribution in [3.8, 4) is 0 Å². The molecule has 0 aromatic carbocycles. The number of rotatable bonds is 10. The van der Waals surface area contributed by atoms with Crippen LogP contribution < -0.4 is 11.1 Å². The van der Waals surface area contributed by atoms with Crippen molar-refractivity contribution < 1.29 is 0 Å². The van der Waals surface area contributed by atoms with Gasteiger partial charge in [0.05, 0.1) is 15.9 Å². The molecule has 3 heterocycles. The second kappa shape index (κ2) is 12.4. The van der Waals surface area contributed by atoms with Gasteiger partial charge in [0, 0.05) is 22.4 Å². The zero-order chi connectivity index (χ0) is 20.4. The minimum Gasteiger partial charge on any atom is -0.379 e. The van der Waals surface area contributed by atoms with E-state index in [0.717, 1.165) is 17.7 Å². The van der Waals surface area contributed by atoms with Gasteiger partial charge in [-0.2, -0.15) is 0 Å². The molecule has 0 saturated carbocycles. The Labute approximate surface area is 182 Å². The molecule has 3 aromatic rings. The van der Waals surface area contributed by atoms with Gasteiger partial charge in [0.25, 0.3) is 0 Å². The summed E-state index contributed by atoms with van der Waals surface area (Å²) in [5.41, 5.74) is 6.64. The average Bonchev–Trinajstić information content (AvgIpc) is 3.37. The van der Waals surface area contributed by atoms with Crippen LogP contribution in [-0.2, 0) is 6.54 Å². The molecule has 0 bridgehead atoms. The van der Waals surface area contributed by atoms with Gasteiger partial charge in [-0.05, 0) is 43.3 Å².